The molecule has 0 saturated heterocycles. The van der Waals surface area contributed by atoms with E-state index < -0.39 is 20.6 Å². The van der Waals surface area contributed by atoms with Gasteiger partial charge in [-0.2, -0.15) is 4.31 Å². The second-order valence-corrected chi connectivity index (χ2v) is 7.51. The average Bonchev–Trinajstić information content (AvgIpc) is 2.49. The molecule has 2 rings (SSSR count). The minimum absolute atomic E-state index is 0.109. The van der Waals surface area contributed by atoms with Crippen LogP contribution in [0.4, 0.5) is 5.69 Å². The van der Waals surface area contributed by atoms with Gasteiger partial charge in [0.1, 0.15) is 0 Å². The molecular weight excluding hydrogens is 340 g/mol. The standard InChI is InChI=1S/C15H15ClN2O4S/c1-11-5-3-4-6-12(11)10-17(2)23(21,22)15-8-7-13(16)9-14(15)18(19)20/h3-9H,10H2,1-2H3. The number of hydrogen-bond acceptors (Lipinski definition) is 4. The Morgan fingerprint density at radius 2 is 1.87 bits per heavy atom. The SMILES string of the molecule is Cc1ccccc1CN(C)S(=O)(=O)c1ccc(Cl)cc1[N+](=O)[O-]. The zero-order chi connectivity index (χ0) is 17.2. The number of nitro benzene ring substituents is 1. The number of halogens is 1. The second kappa shape index (κ2) is 6.66. The van der Waals surface area contributed by atoms with E-state index in [1.807, 2.05) is 31.2 Å². The highest BCUT2D eigenvalue weighted by molar-refractivity contribution is 7.89. The summed E-state index contributed by atoms with van der Waals surface area (Å²) in [6.07, 6.45) is 0. The summed E-state index contributed by atoms with van der Waals surface area (Å²) in [4.78, 5) is 10.00. The molecule has 0 radical (unpaired) electrons. The number of hydrogen-bond donors (Lipinski definition) is 0. The summed E-state index contributed by atoms with van der Waals surface area (Å²) in [6, 6.07) is 10.9. The maximum Gasteiger partial charge on any atom is 0.290 e. The third-order valence-electron chi connectivity index (χ3n) is 3.46. The van der Waals surface area contributed by atoms with Crippen LogP contribution < -0.4 is 0 Å². The second-order valence-electron chi connectivity index (χ2n) is 5.06. The first kappa shape index (κ1) is 17.4. The number of benzene rings is 2. The first-order chi connectivity index (χ1) is 10.7. The van der Waals surface area contributed by atoms with E-state index in [2.05, 4.69) is 0 Å². The zero-order valence-electron chi connectivity index (χ0n) is 12.6. The monoisotopic (exact) mass is 354 g/mol. The molecule has 2 aromatic carbocycles. The van der Waals surface area contributed by atoms with E-state index in [1.165, 1.54) is 13.1 Å². The number of nitro groups is 1. The number of nitrogens with zero attached hydrogens (tertiary/aromatic N) is 2. The molecule has 0 aliphatic rings. The summed E-state index contributed by atoms with van der Waals surface area (Å²) in [7, 11) is -2.62. The molecule has 0 fully saturated rings. The summed E-state index contributed by atoms with van der Waals surface area (Å²) in [6.45, 7) is 2.00. The van der Waals surface area contributed by atoms with Crippen LogP contribution >= 0.6 is 11.6 Å². The fourth-order valence-electron chi connectivity index (χ4n) is 2.13. The highest BCUT2D eigenvalue weighted by atomic mass is 35.5. The Morgan fingerprint density at radius 1 is 1.22 bits per heavy atom. The van der Waals surface area contributed by atoms with Crippen LogP contribution in [0, 0.1) is 17.0 Å². The van der Waals surface area contributed by atoms with Gasteiger partial charge in [0, 0.05) is 24.7 Å². The van der Waals surface area contributed by atoms with Crippen molar-refractivity contribution in [3.8, 4) is 0 Å². The lowest BCUT2D eigenvalue weighted by molar-refractivity contribution is -0.387. The van der Waals surface area contributed by atoms with Crippen molar-refractivity contribution in [3.63, 3.8) is 0 Å². The third-order valence-corrected chi connectivity index (χ3v) is 5.55. The smallest absolute Gasteiger partial charge is 0.258 e. The lowest BCUT2D eigenvalue weighted by Crippen LogP contribution is -2.27. The Kier molecular flexibility index (Phi) is 5.03. The molecule has 0 aromatic heterocycles. The van der Waals surface area contributed by atoms with Crippen LogP contribution in [0.2, 0.25) is 5.02 Å². The van der Waals surface area contributed by atoms with Crippen LogP contribution in [0.15, 0.2) is 47.4 Å². The number of rotatable bonds is 5. The zero-order valence-corrected chi connectivity index (χ0v) is 14.1. The Morgan fingerprint density at radius 3 is 2.48 bits per heavy atom. The Bertz CT molecular complexity index is 852. The Labute approximate surface area is 139 Å². The van der Waals surface area contributed by atoms with Crippen molar-refractivity contribution in [3.05, 3.63) is 68.7 Å². The predicted molar refractivity (Wildman–Crippen MR) is 87.9 cm³/mol. The molecule has 2 aromatic rings. The number of aryl methyl sites for hydroxylation is 1. The molecule has 0 spiro atoms. The molecule has 23 heavy (non-hydrogen) atoms. The van der Waals surface area contributed by atoms with Crippen molar-refractivity contribution < 1.29 is 13.3 Å². The maximum absolute atomic E-state index is 12.7. The molecule has 0 heterocycles. The fraction of sp³-hybridized carbons (Fsp3) is 0.200. The molecule has 0 aliphatic heterocycles. The van der Waals surface area contributed by atoms with Gasteiger partial charge in [0.25, 0.3) is 5.69 Å². The summed E-state index contributed by atoms with van der Waals surface area (Å²) in [5.74, 6) is 0. The first-order valence-electron chi connectivity index (χ1n) is 6.68. The summed E-state index contributed by atoms with van der Waals surface area (Å²) in [5.41, 5.74) is 1.24. The molecule has 0 atom stereocenters. The highest BCUT2D eigenvalue weighted by Gasteiger charge is 2.30. The average molecular weight is 355 g/mol. The van der Waals surface area contributed by atoms with Gasteiger partial charge in [0.15, 0.2) is 4.90 Å². The molecular formula is C15H15ClN2O4S. The van der Waals surface area contributed by atoms with Crippen LogP contribution in [-0.4, -0.2) is 24.7 Å². The van der Waals surface area contributed by atoms with E-state index in [1.54, 1.807) is 0 Å². The quantitative estimate of drug-likeness (QED) is 0.609. The summed E-state index contributed by atoms with van der Waals surface area (Å²) < 4.78 is 26.4. The van der Waals surface area contributed by atoms with E-state index in [-0.39, 0.29) is 16.5 Å². The van der Waals surface area contributed by atoms with Crippen molar-refractivity contribution in [2.24, 2.45) is 0 Å². The van der Waals surface area contributed by atoms with Crippen molar-refractivity contribution in [1.29, 1.82) is 0 Å². The van der Waals surface area contributed by atoms with E-state index >= 15 is 0 Å². The first-order valence-corrected chi connectivity index (χ1v) is 8.50. The van der Waals surface area contributed by atoms with Gasteiger partial charge < -0.3 is 0 Å². The predicted octanol–water partition coefficient (Wildman–Crippen LogP) is 3.38. The molecule has 0 amide bonds. The van der Waals surface area contributed by atoms with E-state index in [4.69, 9.17) is 11.6 Å². The minimum atomic E-state index is -4.01. The van der Waals surface area contributed by atoms with E-state index in [0.717, 1.165) is 27.6 Å². The van der Waals surface area contributed by atoms with Crippen molar-refractivity contribution in [1.82, 2.24) is 4.31 Å². The molecule has 8 heteroatoms. The third kappa shape index (κ3) is 3.69. The van der Waals surface area contributed by atoms with Gasteiger partial charge in [0.05, 0.1) is 4.92 Å². The number of sulfonamides is 1. The molecule has 122 valence electrons. The van der Waals surface area contributed by atoms with Gasteiger partial charge in [-0.25, -0.2) is 8.42 Å². The van der Waals surface area contributed by atoms with E-state index in [0.29, 0.717) is 0 Å². The van der Waals surface area contributed by atoms with Gasteiger partial charge in [-0.15, -0.1) is 0 Å². The van der Waals surface area contributed by atoms with Crippen LogP contribution in [-0.2, 0) is 16.6 Å². The maximum atomic E-state index is 12.7. The van der Waals surface area contributed by atoms with Gasteiger partial charge in [-0.05, 0) is 30.2 Å². The Hall–Kier alpha value is -1.96. The molecule has 0 saturated carbocycles. The van der Waals surface area contributed by atoms with Crippen LogP contribution in [0.3, 0.4) is 0 Å². The topological polar surface area (TPSA) is 80.5 Å². The largest absolute Gasteiger partial charge is 0.290 e. The van der Waals surface area contributed by atoms with Crippen molar-refractivity contribution in [2.75, 3.05) is 7.05 Å². The highest BCUT2D eigenvalue weighted by Crippen LogP contribution is 2.29. The normalized spacial score (nSPS) is 11.7. The molecule has 6 nitrogen and oxygen atoms in total. The lowest BCUT2D eigenvalue weighted by atomic mass is 10.1. The van der Waals surface area contributed by atoms with Crippen LogP contribution in [0.5, 0.6) is 0 Å². The lowest BCUT2D eigenvalue weighted by Gasteiger charge is -2.18. The van der Waals surface area contributed by atoms with Gasteiger partial charge in [-0.3, -0.25) is 10.1 Å². The van der Waals surface area contributed by atoms with Crippen LogP contribution in [0.25, 0.3) is 0 Å². The molecule has 0 unspecified atom stereocenters. The minimum Gasteiger partial charge on any atom is -0.258 e. The van der Waals surface area contributed by atoms with Gasteiger partial charge in [0.2, 0.25) is 10.0 Å². The van der Waals surface area contributed by atoms with Gasteiger partial charge >= 0.3 is 0 Å². The van der Waals surface area contributed by atoms with E-state index in [9.17, 15) is 18.5 Å². The molecule has 0 N–H and O–H groups in total. The van der Waals surface area contributed by atoms with Gasteiger partial charge in [-0.1, -0.05) is 35.9 Å². The fourth-order valence-corrected chi connectivity index (χ4v) is 3.58. The molecule has 0 bridgehead atoms. The molecule has 0 aliphatic carbocycles. The summed E-state index contributed by atoms with van der Waals surface area (Å²) >= 11 is 5.73. The van der Waals surface area contributed by atoms with Crippen molar-refractivity contribution in [2.45, 2.75) is 18.4 Å². The van der Waals surface area contributed by atoms with Crippen LogP contribution in [0.1, 0.15) is 11.1 Å². The Balaban J connectivity index is 2.42. The summed E-state index contributed by atoms with van der Waals surface area (Å²) in [5, 5.41) is 11.2. The van der Waals surface area contributed by atoms with Crippen molar-refractivity contribution >= 4 is 27.3 Å².